The number of carbonyl (C=O) groups excluding carboxylic acids is 1. The highest BCUT2D eigenvalue weighted by atomic mass is 35.5. The number of nitrogens with zero attached hydrogens (tertiary/aromatic N) is 6. The second-order valence-electron chi connectivity index (χ2n) is 9.65. The van der Waals surface area contributed by atoms with Crippen LogP contribution in [0.3, 0.4) is 0 Å². The van der Waals surface area contributed by atoms with Crippen LogP contribution >= 0.6 is 11.6 Å². The van der Waals surface area contributed by atoms with E-state index in [0.717, 1.165) is 18.2 Å². The summed E-state index contributed by atoms with van der Waals surface area (Å²) in [6.07, 6.45) is -4.91. The third-order valence-corrected chi connectivity index (χ3v) is 7.05. The van der Waals surface area contributed by atoms with E-state index in [-0.39, 0.29) is 36.2 Å². The molecule has 0 bridgehead atoms. The third-order valence-electron chi connectivity index (χ3n) is 6.75. The van der Waals surface area contributed by atoms with E-state index < -0.39 is 22.9 Å². The summed E-state index contributed by atoms with van der Waals surface area (Å²) in [7, 11) is 4.76. The van der Waals surface area contributed by atoms with Crippen molar-refractivity contribution in [2.45, 2.75) is 44.8 Å². The number of nitrogens with two attached hydrogens (primary N) is 1. The Balaban J connectivity index is 1.50. The number of rotatable bonds is 4. The molecule has 0 saturated heterocycles. The van der Waals surface area contributed by atoms with Gasteiger partial charge in [-0.05, 0) is 30.2 Å². The molecule has 2 aliphatic rings. The Morgan fingerprint density at radius 3 is 2.69 bits per heavy atom. The Morgan fingerprint density at radius 2 is 2.00 bits per heavy atom. The number of methoxy groups -OCH3 is 1. The number of alkyl halides is 3. The number of fused-ring (bicyclic) bond motifs is 2. The number of amides is 1. The summed E-state index contributed by atoms with van der Waals surface area (Å²) < 4.78 is 54.9. The molecule has 1 amide bonds. The molecule has 10 nitrogen and oxygen atoms in total. The fourth-order valence-electron chi connectivity index (χ4n) is 4.96. The van der Waals surface area contributed by atoms with Gasteiger partial charge in [0.1, 0.15) is 5.82 Å². The maximum absolute atomic E-state index is 13.9. The first-order valence-electron chi connectivity index (χ1n) is 12.2. The predicted molar refractivity (Wildman–Crippen MR) is 137 cm³/mol. The Bertz CT molecular complexity index is 1430. The molecule has 2 aliphatic heterocycles. The highest BCUT2D eigenvalue weighted by Gasteiger charge is 2.40. The molecule has 3 aromatic rings. The second kappa shape index (κ2) is 10.2. The van der Waals surface area contributed by atoms with E-state index >= 15 is 0 Å². The molecule has 0 saturated carbocycles. The molecule has 5 rings (SSSR count). The number of anilines is 2. The van der Waals surface area contributed by atoms with Crippen molar-refractivity contribution in [3.8, 4) is 6.01 Å². The molecular weight excluding hydrogens is 539 g/mol. The number of aromatic nitrogens is 4. The lowest BCUT2D eigenvalue weighted by molar-refractivity contribution is -0.139. The average Bonchev–Trinajstić information content (AvgIpc) is 3.16. The van der Waals surface area contributed by atoms with Crippen molar-refractivity contribution in [1.82, 2.24) is 24.6 Å². The van der Waals surface area contributed by atoms with Crippen LogP contribution in [0.1, 0.15) is 51.1 Å². The molecule has 1 atom stereocenters. The first kappa shape index (κ1) is 27.0. The topological polar surface area (TPSA) is 112 Å². The van der Waals surface area contributed by atoms with E-state index in [0.29, 0.717) is 42.4 Å². The summed E-state index contributed by atoms with van der Waals surface area (Å²) in [4.78, 5) is 25.0. The molecule has 0 fully saturated rings. The van der Waals surface area contributed by atoms with Gasteiger partial charge >= 0.3 is 12.2 Å². The van der Waals surface area contributed by atoms with Crippen molar-refractivity contribution in [1.29, 1.82) is 0 Å². The van der Waals surface area contributed by atoms with Crippen molar-refractivity contribution < 1.29 is 27.4 Å². The van der Waals surface area contributed by atoms with Crippen molar-refractivity contribution in [3.63, 3.8) is 0 Å². The minimum absolute atomic E-state index is 0.0246. The van der Waals surface area contributed by atoms with Gasteiger partial charge in [-0.1, -0.05) is 11.6 Å². The summed E-state index contributed by atoms with van der Waals surface area (Å²) in [6.45, 7) is 1.63. The standard InChI is InChI=1S/C25H27ClF3N7O3/c1-34(2)23(37)19-9-14-11-35(5-4-6-36(14)33-19)22-16-12-39-20(10-18(16)31-24(32-22)38-3)15-7-13(30)8-17(26)21(15)25(27,28)29/h7-9,20H,4-6,10-12,30H2,1-3H3. The van der Waals surface area contributed by atoms with Gasteiger partial charge < -0.3 is 25.0 Å². The number of ether oxygens (including phenoxy) is 2. The molecule has 0 radical (unpaired) electrons. The molecule has 14 heteroatoms. The van der Waals surface area contributed by atoms with Crippen LogP contribution in [0.5, 0.6) is 6.01 Å². The maximum Gasteiger partial charge on any atom is 0.418 e. The van der Waals surface area contributed by atoms with Crippen LogP contribution in [-0.2, 0) is 37.0 Å². The molecule has 0 spiro atoms. The van der Waals surface area contributed by atoms with Gasteiger partial charge in [-0.3, -0.25) is 9.48 Å². The van der Waals surface area contributed by atoms with E-state index in [1.165, 1.54) is 18.1 Å². The highest BCUT2D eigenvalue weighted by Crippen LogP contribution is 2.44. The van der Waals surface area contributed by atoms with E-state index in [2.05, 4.69) is 15.1 Å². The lowest BCUT2D eigenvalue weighted by Crippen LogP contribution is -2.29. The summed E-state index contributed by atoms with van der Waals surface area (Å²) in [5.41, 5.74) is 7.19. The largest absolute Gasteiger partial charge is 0.467 e. The summed E-state index contributed by atoms with van der Waals surface area (Å²) >= 11 is 5.97. The van der Waals surface area contributed by atoms with Gasteiger partial charge in [0.2, 0.25) is 0 Å². The van der Waals surface area contributed by atoms with E-state index in [1.807, 2.05) is 9.58 Å². The minimum atomic E-state index is -4.69. The van der Waals surface area contributed by atoms with Crippen molar-refractivity contribution in [2.24, 2.45) is 0 Å². The van der Waals surface area contributed by atoms with Crippen LogP contribution in [0, 0.1) is 0 Å². The molecule has 39 heavy (non-hydrogen) atoms. The number of nitrogen functional groups attached to an aromatic ring is 1. The van der Waals surface area contributed by atoms with Crippen molar-refractivity contribution in [2.75, 3.05) is 38.4 Å². The van der Waals surface area contributed by atoms with Gasteiger partial charge in [0.15, 0.2) is 5.69 Å². The van der Waals surface area contributed by atoms with Crippen LogP contribution in [0.15, 0.2) is 18.2 Å². The Hall–Kier alpha value is -3.58. The highest BCUT2D eigenvalue weighted by molar-refractivity contribution is 6.31. The summed E-state index contributed by atoms with van der Waals surface area (Å²) in [5, 5.41) is 3.99. The lowest BCUT2D eigenvalue weighted by atomic mass is 9.94. The van der Waals surface area contributed by atoms with Gasteiger partial charge in [-0.25, -0.2) is 0 Å². The first-order chi connectivity index (χ1) is 18.5. The molecule has 2 N–H and O–H groups in total. The van der Waals surface area contributed by atoms with Gasteiger partial charge in [0, 0.05) is 44.9 Å². The molecule has 4 heterocycles. The zero-order valence-corrected chi connectivity index (χ0v) is 22.3. The predicted octanol–water partition coefficient (Wildman–Crippen LogP) is 3.86. The molecule has 2 aromatic heterocycles. The number of hydrogen-bond acceptors (Lipinski definition) is 8. The number of hydrogen-bond donors (Lipinski definition) is 1. The zero-order chi connectivity index (χ0) is 28.1. The van der Waals surface area contributed by atoms with E-state index in [9.17, 15) is 18.0 Å². The Morgan fingerprint density at radius 1 is 1.23 bits per heavy atom. The lowest BCUT2D eigenvalue weighted by Gasteiger charge is -2.31. The van der Waals surface area contributed by atoms with Gasteiger partial charge in [0.25, 0.3) is 5.91 Å². The number of halogens is 4. The zero-order valence-electron chi connectivity index (χ0n) is 21.5. The Kier molecular flexibility index (Phi) is 7.06. The minimum Gasteiger partial charge on any atom is -0.467 e. The monoisotopic (exact) mass is 565 g/mol. The van der Waals surface area contributed by atoms with E-state index in [4.69, 9.17) is 26.8 Å². The van der Waals surface area contributed by atoms with Gasteiger partial charge in [0.05, 0.1) is 48.3 Å². The van der Waals surface area contributed by atoms with Crippen LogP contribution < -0.4 is 15.4 Å². The molecule has 1 aromatic carbocycles. The normalized spacial score (nSPS) is 17.3. The van der Waals surface area contributed by atoms with Crippen LogP contribution in [0.25, 0.3) is 0 Å². The van der Waals surface area contributed by atoms with Crippen LogP contribution in [0.4, 0.5) is 24.7 Å². The third kappa shape index (κ3) is 5.20. The van der Waals surface area contributed by atoms with Crippen molar-refractivity contribution >= 4 is 29.0 Å². The molecule has 1 unspecified atom stereocenters. The van der Waals surface area contributed by atoms with Gasteiger partial charge in [-0.2, -0.15) is 28.2 Å². The smallest absolute Gasteiger partial charge is 0.418 e. The van der Waals surface area contributed by atoms with Gasteiger partial charge in [-0.15, -0.1) is 0 Å². The first-order valence-corrected chi connectivity index (χ1v) is 12.6. The average molecular weight is 566 g/mol. The molecule has 0 aliphatic carbocycles. The summed E-state index contributed by atoms with van der Waals surface area (Å²) in [6, 6.07) is 4.18. The quantitative estimate of drug-likeness (QED) is 0.475. The number of aryl methyl sites for hydroxylation is 1. The van der Waals surface area contributed by atoms with Crippen LogP contribution in [-0.4, -0.2) is 58.3 Å². The van der Waals surface area contributed by atoms with E-state index in [1.54, 1.807) is 20.2 Å². The maximum atomic E-state index is 13.9. The number of benzene rings is 1. The van der Waals surface area contributed by atoms with Crippen LogP contribution in [0.2, 0.25) is 5.02 Å². The SMILES string of the molecule is COc1nc2c(c(N3CCCn4nc(C(=O)N(C)C)cc4C3)n1)COC(c1cc(N)cc(Cl)c1C(F)(F)F)C2. The summed E-state index contributed by atoms with van der Waals surface area (Å²) in [5.74, 6) is 0.370. The van der Waals surface area contributed by atoms with Crippen molar-refractivity contribution in [3.05, 3.63) is 57.0 Å². The fraction of sp³-hybridized carbons (Fsp3) is 0.440. The molecule has 208 valence electrons. The number of carbonyl (C=O) groups is 1. The molecular formula is C25H27ClF3N7O3. The fourth-order valence-corrected chi connectivity index (χ4v) is 5.30. The second-order valence-corrected chi connectivity index (χ2v) is 10.1. The Labute approximate surface area is 227 Å².